The summed E-state index contributed by atoms with van der Waals surface area (Å²) >= 11 is 0. The third-order valence-electron chi connectivity index (χ3n) is 4.18. The maximum atomic E-state index is 12.9. The highest BCUT2D eigenvalue weighted by atomic mass is 19.4. The van der Waals surface area contributed by atoms with E-state index in [1.54, 1.807) is 19.1 Å². The van der Waals surface area contributed by atoms with Crippen LogP contribution in [0.2, 0.25) is 0 Å². The Bertz CT molecular complexity index is 725. The summed E-state index contributed by atoms with van der Waals surface area (Å²) in [4.78, 5) is 18.0. The van der Waals surface area contributed by atoms with Crippen LogP contribution in [0.3, 0.4) is 0 Å². The van der Waals surface area contributed by atoms with Crippen molar-refractivity contribution < 1.29 is 22.4 Å². The van der Waals surface area contributed by atoms with Crippen molar-refractivity contribution in [3.63, 3.8) is 0 Å². The SMILES string of the molecule is Cc1nc(-c2ccccc2)oc1C(=O)N1CCC[C@H](C(F)(F)F)C1. The molecule has 0 aliphatic carbocycles. The molecule has 1 amide bonds. The molecule has 1 aromatic heterocycles. The number of nitrogens with zero attached hydrogens (tertiary/aromatic N) is 2. The van der Waals surface area contributed by atoms with Gasteiger partial charge in [0.05, 0.1) is 11.6 Å². The highest BCUT2D eigenvalue weighted by Gasteiger charge is 2.43. The topological polar surface area (TPSA) is 46.3 Å². The van der Waals surface area contributed by atoms with Crippen molar-refractivity contribution in [2.45, 2.75) is 25.9 Å². The fourth-order valence-corrected chi connectivity index (χ4v) is 2.87. The summed E-state index contributed by atoms with van der Waals surface area (Å²) in [5.74, 6) is -1.71. The van der Waals surface area contributed by atoms with Crippen molar-refractivity contribution in [1.29, 1.82) is 0 Å². The zero-order valence-corrected chi connectivity index (χ0v) is 13.1. The smallest absolute Gasteiger partial charge is 0.393 e. The molecule has 1 aliphatic heterocycles. The summed E-state index contributed by atoms with van der Waals surface area (Å²) in [6, 6.07) is 9.06. The van der Waals surface area contributed by atoms with E-state index in [2.05, 4.69) is 4.98 Å². The molecule has 1 aromatic carbocycles. The Kier molecular flexibility index (Phi) is 4.34. The Morgan fingerprint density at radius 1 is 1.29 bits per heavy atom. The standard InChI is InChI=1S/C17H17F3N2O2/c1-11-14(24-15(21-11)12-6-3-2-4-7-12)16(23)22-9-5-8-13(10-22)17(18,19)20/h2-4,6-7,13H,5,8-10H2,1H3/t13-/m0/s1. The van der Waals surface area contributed by atoms with Crippen molar-refractivity contribution in [2.75, 3.05) is 13.1 Å². The lowest BCUT2D eigenvalue weighted by atomic mass is 9.97. The fraction of sp³-hybridized carbons (Fsp3) is 0.412. The molecule has 1 saturated heterocycles. The van der Waals surface area contributed by atoms with Gasteiger partial charge in [-0.25, -0.2) is 4.98 Å². The van der Waals surface area contributed by atoms with Gasteiger partial charge in [0.2, 0.25) is 11.7 Å². The van der Waals surface area contributed by atoms with Crippen LogP contribution in [0, 0.1) is 12.8 Å². The normalized spacial score (nSPS) is 18.7. The van der Waals surface area contributed by atoms with Crippen LogP contribution in [0.15, 0.2) is 34.7 Å². The predicted molar refractivity (Wildman–Crippen MR) is 81.4 cm³/mol. The average molecular weight is 338 g/mol. The molecule has 0 bridgehead atoms. The zero-order chi connectivity index (χ0) is 17.3. The van der Waals surface area contributed by atoms with Crippen LogP contribution in [-0.2, 0) is 0 Å². The quantitative estimate of drug-likeness (QED) is 0.829. The number of piperidine rings is 1. The van der Waals surface area contributed by atoms with E-state index in [0.717, 1.165) is 0 Å². The number of alkyl halides is 3. The second-order valence-electron chi connectivity index (χ2n) is 5.93. The van der Waals surface area contributed by atoms with Gasteiger partial charge < -0.3 is 9.32 Å². The Hall–Kier alpha value is -2.31. The van der Waals surface area contributed by atoms with Gasteiger partial charge in [-0.15, -0.1) is 0 Å². The number of aromatic nitrogens is 1. The van der Waals surface area contributed by atoms with E-state index in [0.29, 0.717) is 30.1 Å². The molecular formula is C17H17F3N2O2. The Morgan fingerprint density at radius 2 is 2.00 bits per heavy atom. The van der Waals surface area contributed by atoms with Crippen LogP contribution in [0.4, 0.5) is 13.2 Å². The van der Waals surface area contributed by atoms with E-state index in [1.165, 1.54) is 4.90 Å². The Morgan fingerprint density at radius 3 is 2.67 bits per heavy atom. The van der Waals surface area contributed by atoms with Gasteiger partial charge in [0.15, 0.2) is 0 Å². The van der Waals surface area contributed by atoms with Crippen LogP contribution in [0.5, 0.6) is 0 Å². The minimum atomic E-state index is -4.29. The number of carbonyl (C=O) groups is 1. The van der Waals surface area contributed by atoms with Gasteiger partial charge in [-0.3, -0.25) is 4.79 Å². The van der Waals surface area contributed by atoms with E-state index in [9.17, 15) is 18.0 Å². The first-order valence-corrected chi connectivity index (χ1v) is 7.75. The molecule has 0 unspecified atom stereocenters. The molecule has 128 valence electrons. The number of hydrogen-bond donors (Lipinski definition) is 0. The molecule has 2 heterocycles. The molecule has 7 heteroatoms. The molecule has 1 atom stereocenters. The minimum absolute atomic E-state index is 0.0108. The van der Waals surface area contributed by atoms with E-state index in [-0.39, 0.29) is 18.7 Å². The minimum Gasteiger partial charge on any atom is -0.431 e. The van der Waals surface area contributed by atoms with Crippen LogP contribution in [0.25, 0.3) is 11.5 Å². The molecule has 1 fully saturated rings. The summed E-state index contributed by atoms with van der Waals surface area (Å²) in [5.41, 5.74) is 1.10. The van der Waals surface area contributed by atoms with Crippen molar-refractivity contribution in [1.82, 2.24) is 9.88 Å². The lowest BCUT2D eigenvalue weighted by molar-refractivity contribution is -0.184. The molecule has 0 radical (unpaired) electrons. The monoisotopic (exact) mass is 338 g/mol. The molecule has 0 N–H and O–H groups in total. The molecule has 0 spiro atoms. The summed E-state index contributed by atoms with van der Waals surface area (Å²) in [6.07, 6.45) is -3.91. The third kappa shape index (κ3) is 3.29. The second-order valence-corrected chi connectivity index (χ2v) is 5.93. The maximum absolute atomic E-state index is 12.9. The number of benzene rings is 1. The highest BCUT2D eigenvalue weighted by Crippen LogP contribution is 2.34. The molecule has 1 aliphatic rings. The first kappa shape index (κ1) is 16.5. The molecule has 3 rings (SSSR count). The van der Waals surface area contributed by atoms with Gasteiger partial charge in [0.25, 0.3) is 5.91 Å². The molecule has 4 nitrogen and oxygen atoms in total. The van der Waals surface area contributed by atoms with Crippen molar-refractivity contribution in [2.24, 2.45) is 5.92 Å². The second kappa shape index (κ2) is 6.30. The fourth-order valence-electron chi connectivity index (χ4n) is 2.87. The van der Waals surface area contributed by atoms with Gasteiger partial charge in [-0.2, -0.15) is 13.2 Å². The Balaban J connectivity index is 1.82. The van der Waals surface area contributed by atoms with Crippen LogP contribution < -0.4 is 0 Å². The van der Waals surface area contributed by atoms with Gasteiger partial charge >= 0.3 is 6.18 Å². The lowest BCUT2D eigenvalue weighted by Crippen LogP contribution is -2.44. The highest BCUT2D eigenvalue weighted by molar-refractivity contribution is 5.93. The van der Waals surface area contributed by atoms with Gasteiger partial charge in [-0.05, 0) is 31.9 Å². The van der Waals surface area contributed by atoms with E-state index < -0.39 is 18.0 Å². The lowest BCUT2D eigenvalue weighted by Gasteiger charge is -2.33. The van der Waals surface area contributed by atoms with Crippen molar-refractivity contribution in [3.05, 3.63) is 41.8 Å². The number of oxazole rings is 1. The first-order chi connectivity index (χ1) is 11.4. The maximum Gasteiger partial charge on any atom is 0.393 e. The number of hydrogen-bond acceptors (Lipinski definition) is 3. The van der Waals surface area contributed by atoms with Crippen molar-refractivity contribution >= 4 is 5.91 Å². The number of amides is 1. The van der Waals surface area contributed by atoms with E-state index in [4.69, 9.17) is 4.42 Å². The average Bonchev–Trinajstić information content (AvgIpc) is 2.96. The zero-order valence-electron chi connectivity index (χ0n) is 13.1. The van der Waals surface area contributed by atoms with E-state index in [1.807, 2.05) is 18.2 Å². The van der Waals surface area contributed by atoms with Crippen LogP contribution in [-0.4, -0.2) is 35.1 Å². The summed E-state index contributed by atoms with van der Waals surface area (Å²) in [7, 11) is 0. The summed E-state index contributed by atoms with van der Waals surface area (Å²) in [5, 5.41) is 0. The number of likely N-dealkylation sites (tertiary alicyclic amines) is 1. The number of carbonyl (C=O) groups excluding carboxylic acids is 1. The molecule has 0 saturated carbocycles. The predicted octanol–water partition coefficient (Wildman–Crippen LogP) is 4.06. The van der Waals surface area contributed by atoms with Gasteiger partial charge in [-0.1, -0.05) is 18.2 Å². The summed E-state index contributed by atoms with van der Waals surface area (Å²) < 4.78 is 44.3. The first-order valence-electron chi connectivity index (χ1n) is 7.75. The molecular weight excluding hydrogens is 321 g/mol. The third-order valence-corrected chi connectivity index (χ3v) is 4.18. The van der Waals surface area contributed by atoms with Crippen LogP contribution >= 0.6 is 0 Å². The van der Waals surface area contributed by atoms with Gasteiger partial charge in [0, 0.05) is 18.7 Å². The molecule has 24 heavy (non-hydrogen) atoms. The number of rotatable bonds is 2. The Labute approximate surface area is 137 Å². The van der Waals surface area contributed by atoms with Crippen molar-refractivity contribution in [3.8, 4) is 11.5 Å². The van der Waals surface area contributed by atoms with Crippen LogP contribution in [0.1, 0.15) is 29.1 Å². The molecule has 2 aromatic rings. The number of aryl methyl sites for hydroxylation is 1. The largest absolute Gasteiger partial charge is 0.431 e. The number of halogens is 3. The summed E-state index contributed by atoms with van der Waals surface area (Å²) in [6.45, 7) is 1.59. The van der Waals surface area contributed by atoms with Gasteiger partial charge in [0.1, 0.15) is 0 Å². The van der Waals surface area contributed by atoms with E-state index >= 15 is 0 Å².